The number of H-pyrrole nitrogens is 1. The van der Waals surface area contributed by atoms with Crippen LogP contribution in [0.5, 0.6) is 5.88 Å². The number of anilines is 1. The van der Waals surface area contributed by atoms with E-state index in [-0.39, 0.29) is 0 Å². The van der Waals surface area contributed by atoms with Crippen molar-refractivity contribution in [3.05, 3.63) is 42.2 Å². The summed E-state index contributed by atoms with van der Waals surface area (Å²) in [6.45, 7) is 0.633. The van der Waals surface area contributed by atoms with Crippen LogP contribution in [0, 0.1) is 0 Å². The van der Waals surface area contributed by atoms with Crippen molar-refractivity contribution in [2.45, 2.75) is 6.54 Å². The number of ether oxygens (including phenoxy) is 1. The van der Waals surface area contributed by atoms with Crippen LogP contribution in [0.2, 0.25) is 0 Å². The summed E-state index contributed by atoms with van der Waals surface area (Å²) >= 11 is 0. The fourth-order valence-electron chi connectivity index (χ4n) is 1.78. The minimum absolute atomic E-state index is 0.479. The van der Waals surface area contributed by atoms with Gasteiger partial charge in [0.05, 0.1) is 19.5 Å². The second-order valence-corrected chi connectivity index (χ2v) is 4.23. The zero-order chi connectivity index (χ0) is 14.5. The zero-order valence-electron chi connectivity index (χ0n) is 11.3. The van der Waals surface area contributed by atoms with Crippen molar-refractivity contribution in [1.82, 2.24) is 30.6 Å². The van der Waals surface area contributed by atoms with Crippen molar-refractivity contribution < 1.29 is 4.74 Å². The van der Waals surface area contributed by atoms with Gasteiger partial charge in [0.1, 0.15) is 5.82 Å². The van der Waals surface area contributed by atoms with E-state index in [2.05, 4.69) is 35.9 Å². The van der Waals surface area contributed by atoms with Gasteiger partial charge in [-0.3, -0.25) is 4.98 Å². The van der Waals surface area contributed by atoms with Gasteiger partial charge in [0.15, 0.2) is 0 Å². The Morgan fingerprint density at radius 1 is 1.19 bits per heavy atom. The molecule has 2 N–H and O–H groups in total. The molecule has 0 aliphatic rings. The molecular weight excluding hydrogens is 270 g/mol. The standard InChI is InChI=1S/C13H13N7O/c1-21-12-8-14-7-11(16-12)15-6-9-2-4-10(5-3-9)13-17-19-20-18-13/h2-5,7-8H,6H2,1H3,(H,15,16)(H,17,18,19,20). The first kappa shape index (κ1) is 13.0. The smallest absolute Gasteiger partial charge is 0.233 e. The first-order valence-corrected chi connectivity index (χ1v) is 6.28. The molecule has 3 rings (SSSR count). The lowest BCUT2D eigenvalue weighted by atomic mass is 10.1. The maximum atomic E-state index is 5.03. The molecule has 1 aromatic carbocycles. The molecule has 8 heteroatoms. The summed E-state index contributed by atoms with van der Waals surface area (Å²) in [7, 11) is 1.56. The molecule has 0 radical (unpaired) electrons. The molecule has 0 spiro atoms. The topological polar surface area (TPSA) is 102 Å². The van der Waals surface area contributed by atoms with Gasteiger partial charge >= 0.3 is 0 Å². The SMILES string of the molecule is COc1cncc(NCc2ccc(-c3nn[nH]n3)cc2)n1. The van der Waals surface area contributed by atoms with Crippen molar-refractivity contribution in [3.8, 4) is 17.3 Å². The minimum atomic E-state index is 0.479. The van der Waals surface area contributed by atoms with Crippen LogP contribution in [0.3, 0.4) is 0 Å². The number of benzene rings is 1. The third kappa shape index (κ3) is 3.11. The molecule has 21 heavy (non-hydrogen) atoms. The van der Waals surface area contributed by atoms with Crippen molar-refractivity contribution in [3.63, 3.8) is 0 Å². The number of tetrazole rings is 1. The summed E-state index contributed by atoms with van der Waals surface area (Å²) in [6, 6.07) is 7.87. The Morgan fingerprint density at radius 3 is 2.76 bits per heavy atom. The summed E-state index contributed by atoms with van der Waals surface area (Å²) in [5.74, 6) is 1.72. The first-order valence-electron chi connectivity index (χ1n) is 6.28. The van der Waals surface area contributed by atoms with Gasteiger partial charge in [0, 0.05) is 12.1 Å². The van der Waals surface area contributed by atoms with E-state index in [4.69, 9.17) is 4.74 Å². The molecule has 0 amide bonds. The Kier molecular flexibility index (Phi) is 3.68. The number of aromatic nitrogens is 6. The van der Waals surface area contributed by atoms with Crippen molar-refractivity contribution >= 4 is 5.82 Å². The number of methoxy groups -OCH3 is 1. The van der Waals surface area contributed by atoms with Crippen molar-refractivity contribution in [2.75, 3.05) is 12.4 Å². The Hall–Kier alpha value is -3.03. The zero-order valence-corrected chi connectivity index (χ0v) is 11.3. The molecule has 0 unspecified atom stereocenters. The monoisotopic (exact) mass is 283 g/mol. The highest BCUT2D eigenvalue weighted by molar-refractivity contribution is 5.54. The normalized spacial score (nSPS) is 10.3. The third-order valence-corrected chi connectivity index (χ3v) is 2.85. The highest BCUT2D eigenvalue weighted by atomic mass is 16.5. The predicted octanol–water partition coefficient (Wildman–Crippen LogP) is 1.28. The highest BCUT2D eigenvalue weighted by Gasteiger charge is 2.03. The number of aromatic amines is 1. The van der Waals surface area contributed by atoms with Gasteiger partial charge in [0.25, 0.3) is 0 Å². The number of hydrogen-bond donors (Lipinski definition) is 2. The summed E-state index contributed by atoms with van der Waals surface area (Å²) < 4.78 is 5.03. The molecular formula is C13H13N7O. The molecule has 106 valence electrons. The van der Waals surface area contributed by atoms with Gasteiger partial charge in [-0.25, -0.2) is 0 Å². The lowest BCUT2D eigenvalue weighted by molar-refractivity contribution is 0.396. The molecule has 2 aromatic heterocycles. The minimum Gasteiger partial charge on any atom is -0.480 e. The average Bonchev–Trinajstić information content (AvgIpc) is 3.08. The average molecular weight is 283 g/mol. The summed E-state index contributed by atoms with van der Waals surface area (Å²) in [5.41, 5.74) is 2.01. The molecule has 0 atom stereocenters. The van der Waals surface area contributed by atoms with Crippen molar-refractivity contribution in [2.24, 2.45) is 0 Å². The number of nitrogens with one attached hydrogen (secondary N) is 2. The van der Waals surface area contributed by atoms with Crippen LogP contribution < -0.4 is 10.1 Å². The van der Waals surface area contributed by atoms with E-state index in [1.54, 1.807) is 19.5 Å². The first-order chi connectivity index (χ1) is 10.3. The van der Waals surface area contributed by atoms with E-state index in [0.29, 0.717) is 24.1 Å². The predicted molar refractivity (Wildman–Crippen MR) is 75.5 cm³/mol. The van der Waals surface area contributed by atoms with Gasteiger partial charge in [-0.1, -0.05) is 24.3 Å². The van der Waals surface area contributed by atoms with E-state index >= 15 is 0 Å². The van der Waals surface area contributed by atoms with E-state index < -0.39 is 0 Å². The fourth-order valence-corrected chi connectivity index (χ4v) is 1.78. The Morgan fingerprint density at radius 2 is 2.05 bits per heavy atom. The van der Waals surface area contributed by atoms with Gasteiger partial charge in [0.2, 0.25) is 11.7 Å². The maximum absolute atomic E-state index is 5.03. The molecule has 0 saturated heterocycles. The third-order valence-electron chi connectivity index (χ3n) is 2.85. The highest BCUT2D eigenvalue weighted by Crippen LogP contribution is 2.15. The molecule has 0 aliphatic heterocycles. The molecule has 0 saturated carbocycles. The summed E-state index contributed by atoms with van der Waals surface area (Å²) in [5, 5.41) is 17.0. The molecule has 3 aromatic rings. The van der Waals surface area contributed by atoms with E-state index in [9.17, 15) is 0 Å². The summed E-state index contributed by atoms with van der Waals surface area (Å²) in [6.07, 6.45) is 3.21. The Bertz CT molecular complexity index is 697. The maximum Gasteiger partial charge on any atom is 0.233 e. The second-order valence-electron chi connectivity index (χ2n) is 4.23. The lowest BCUT2D eigenvalue weighted by Crippen LogP contribution is -2.02. The van der Waals surface area contributed by atoms with E-state index in [0.717, 1.165) is 11.1 Å². The molecule has 8 nitrogen and oxygen atoms in total. The Balaban J connectivity index is 1.65. The van der Waals surface area contributed by atoms with Gasteiger partial charge in [-0.2, -0.15) is 10.2 Å². The van der Waals surface area contributed by atoms with Gasteiger partial charge in [-0.05, 0) is 10.8 Å². The van der Waals surface area contributed by atoms with Crippen LogP contribution in [0.4, 0.5) is 5.82 Å². The van der Waals surface area contributed by atoms with Crippen LogP contribution in [0.15, 0.2) is 36.7 Å². The molecule has 0 aliphatic carbocycles. The lowest BCUT2D eigenvalue weighted by Gasteiger charge is -2.06. The van der Waals surface area contributed by atoms with Crippen molar-refractivity contribution in [1.29, 1.82) is 0 Å². The van der Waals surface area contributed by atoms with Crippen LogP contribution in [-0.4, -0.2) is 37.7 Å². The summed E-state index contributed by atoms with van der Waals surface area (Å²) in [4.78, 5) is 8.27. The quantitative estimate of drug-likeness (QED) is 0.727. The second kappa shape index (κ2) is 5.95. The van der Waals surface area contributed by atoms with Crippen LogP contribution in [0.25, 0.3) is 11.4 Å². The number of rotatable bonds is 5. The number of nitrogens with zero attached hydrogens (tertiary/aromatic N) is 5. The largest absolute Gasteiger partial charge is 0.480 e. The van der Waals surface area contributed by atoms with Crippen LogP contribution in [-0.2, 0) is 6.54 Å². The van der Waals surface area contributed by atoms with E-state index in [1.165, 1.54) is 0 Å². The molecule has 0 bridgehead atoms. The van der Waals surface area contributed by atoms with E-state index in [1.807, 2.05) is 24.3 Å². The molecule has 2 heterocycles. The number of hydrogen-bond acceptors (Lipinski definition) is 7. The van der Waals surface area contributed by atoms with Gasteiger partial charge in [-0.15, -0.1) is 10.2 Å². The van der Waals surface area contributed by atoms with Crippen LogP contribution >= 0.6 is 0 Å². The van der Waals surface area contributed by atoms with Crippen LogP contribution in [0.1, 0.15) is 5.56 Å². The molecule has 0 fully saturated rings. The Labute approximate surface area is 120 Å². The fraction of sp³-hybridized carbons (Fsp3) is 0.154. The van der Waals surface area contributed by atoms with Gasteiger partial charge < -0.3 is 10.1 Å².